The number of rotatable bonds is 2. The Morgan fingerprint density at radius 1 is 1.47 bits per heavy atom. The molecule has 0 fully saturated rings. The van der Waals surface area contributed by atoms with Crippen molar-refractivity contribution in [3.63, 3.8) is 0 Å². The van der Waals surface area contributed by atoms with Crippen molar-refractivity contribution in [2.24, 2.45) is 0 Å². The summed E-state index contributed by atoms with van der Waals surface area (Å²) in [4.78, 5) is 11.3. The topological polar surface area (TPSA) is 113 Å². The molecule has 9 heteroatoms. The van der Waals surface area contributed by atoms with E-state index in [4.69, 9.17) is 5.73 Å². The van der Waals surface area contributed by atoms with Crippen molar-refractivity contribution >= 4 is 27.2 Å². The van der Waals surface area contributed by atoms with Crippen molar-refractivity contribution in [2.75, 3.05) is 12.0 Å². The fourth-order valence-corrected chi connectivity index (χ4v) is 1.40. The second-order valence-corrected chi connectivity index (χ2v) is 4.34. The highest BCUT2D eigenvalue weighted by molar-refractivity contribution is 7.86. The number of nitrogens with zero attached hydrogens (tertiary/aromatic N) is 4. The Balaban J connectivity index is 2.57. The average Bonchev–Trinajstić information content (AvgIpc) is 2.46. The largest absolute Gasteiger partial charge is 0.368 e. The van der Waals surface area contributed by atoms with Crippen LogP contribution < -0.4 is 10.0 Å². The van der Waals surface area contributed by atoms with Crippen molar-refractivity contribution in [3.8, 4) is 0 Å². The zero-order valence-corrected chi connectivity index (χ0v) is 8.47. The molecule has 15 heavy (non-hydrogen) atoms. The third-order valence-corrected chi connectivity index (χ3v) is 1.93. The van der Waals surface area contributed by atoms with Gasteiger partial charge in [-0.1, -0.05) is 0 Å². The zero-order valence-electron chi connectivity index (χ0n) is 7.65. The molecule has 2 heterocycles. The van der Waals surface area contributed by atoms with E-state index in [-0.39, 0.29) is 11.6 Å². The highest BCUT2D eigenvalue weighted by Crippen LogP contribution is 2.08. The summed E-state index contributed by atoms with van der Waals surface area (Å²) in [6.07, 6.45) is 3.48. The van der Waals surface area contributed by atoms with Gasteiger partial charge in [-0.15, -0.1) is 4.73 Å². The first kappa shape index (κ1) is 9.65. The van der Waals surface area contributed by atoms with Crippen molar-refractivity contribution in [3.05, 3.63) is 12.5 Å². The Labute approximate surface area is 84.8 Å². The minimum absolute atomic E-state index is 0.0151. The maximum atomic E-state index is 10.9. The lowest BCUT2D eigenvalue weighted by molar-refractivity contribution is 0.291. The summed E-state index contributed by atoms with van der Waals surface area (Å²) in [5.41, 5.74) is 5.95. The first-order valence-corrected chi connectivity index (χ1v) is 5.63. The molecule has 0 saturated heterocycles. The predicted molar refractivity (Wildman–Crippen MR) is 51.2 cm³/mol. The summed E-state index contributed by atoms with van der Waals surface area (Å²) >= 11 is 0. The van der Waals surface area contributed by atoms with Gasteiger partial charge in [-0.3, -0.25) is 4.28 Å². The molecule has 0 aliphatic carbocycles. The van der Waals surface area contributed by atoms with Gasteiger partial charge in [-0.2, -0.15) is 13.4 Å². The van der Waals surface area contributed by atoms with Crippen molar-refractivity contribution in [1.29, 1.82) is 0 Å². The molecule has 0 amide bonds. The second-order valence-electron chi connectivity index (χ2n) is 2.79. The smallest absolute Gasteiger partial charge is 0.324 e. The first-order chi connectivity index (χ1) is 6.96. The Bertz CT molecular complexity index is 604. The van der Waals surface area contributed by atoms with E-state index in [0.29, 0.717) is 5.52 Å². The van der Waals surface area contributed by atoms with E-state index < -0.39 is 10.1 Å². The van der Waals surface area contributed by atoms with Crippen LogP contribution in [0.25, 0.3) is 11.2 Å². The fourth-order valence-electron chi connectivity index (χ4n) is 1.00. The third kappa shape index (κ3) is 1.96. The lowest BCUT2D eigenvalue weighted by atomic mass is 10.6. The molecule has 80 valence electrons. The first-order valence-electron chi connectivity index (χ1n) is 3.81. The van der Waals surface area contributed by atoms with Crippen LogP contribution in [-0.4, -0.2) is 34.4 Å². The Kier molecular flexibility index (Phi) is 1.96. The number of hydrogen-bond acceptors (Lipinski definition) is 7. The van der Waals surface area contributed by atoms with E-state index in [1.807, 2.05) is 0 Å². The van der Waals surface area contributed by atoms with E-state index in [0.717, 1.165) is 11.0 Å². The van der Waals surface area contributed by atoms with E-state index >= 15 is 0 Å². The fraction of sp³-hybridized carbons (Fsp3) is 0.167. The third-order valence-electron chi connectivity index (χ3n) is 1.49. The molecule has 2 N–H and O–H groups in total. The van der Waals surface area contributed by atoms with Crippen molar-refractivity contribution in [1.82, 2.24) is 19.7 Å². The lowest BCUT2D eigenvalue weighted by Crippen LogP contribution is -2.18. The molecule has 2 aromatic rings. The lowest BCUT2D eigenvalue weighted by Gasteiger charge is -2.02. The zero-order chi connectivity index (χ0) is 11.1. The Morgan fingerprint density at radius 2 is 2.20 bits per heavy atom. The van der Waals surface area contributed by atoms with Crippen LogP contribution in [0.2, 0.25) is 0 Å². The van der Waals surface area contributed by atoms with Gasteiger partial charge in [-0.05, 0) is 0 Å². The van der Waals surface area contributed by atoms with Crippen LogP contribution in [0.3, 0.4) is 0 Å². The minimum Gasteiger partial charge on any atom is -0.368 e. The Hall–Kier alpha value is -1.90. The maximum Gasteiger partial charge on any atom is 0.324 e. The number of nitrogen functional groups attached to an aromatic ring is 1. The average molecular weight is 229 g/mol. The number of nitrogens with two attached hydrogens (primary N) is 1. The molecular formula is C6H7N5O3S. The van der Waals surface area contributed by atoms with Gasteiger partial charge in [0.05, 0.1) is 12.5 Å². The molecule has 0 aromatic carbocycles. The van der Waals surface area contributed by atoms with Crippen LogP contribution in [0.15, 0.2) is 12.5 Å². The molecule has 0 bridgehead atoms. The second kappa shape index (κ2) is 3.05. The summed E-state index contributed by atoms with van der Waals surface area (Å²) in [5, 5.41) is 0. The number of anilines is 1. The number of imidazole rings is 1. The van der Waals surface area contributed by atoms with Crippen LogP contribution in [0, 0.1) is 0 Å². The van der Waals surface area contributed by atoms with Crippen LogP contribution in [0.1, 0.15) is 0 Å². The highest BCUT2D eigenvalue weighted by atomic mass is 32.2. The molecule has 0 spiro atoms. The van der Waals surface area contributed by atoms with Gasteiger partial charge >= 0.3 is 10.1 Å². The number of aromatic nitrogens is 4. The van der Waals surface area contributed by atoms with E-state index in [9.17, 15) is 8.42 Å². The minimum atomic E-state index is -3.63. The number of fused-ring (bicyclic) bond motifs is 1. The van der Waals surface area contributed by atoms with Crippen molar-refractivity contribution in [2.45, 2.75) is 0 Å². The summed E-state index contributed by atoms with van der Waals surface area (Å²) in [6.45, 7) is 0. The van der Waals surface area contributed by atoms with Gasteiger partial charge in [0, 0.05) is 0 Å². The highest BCUT2D eigenvalue weighted by Gasteiger charge is 2.10. The molecular weight excluding hydrogens is 222 g/mol. The summed E-state index contributed by atoms with van der Waals surface area (Å²) < 4.78 is 27.3. The van der Waals surface area contributed by atoms with Crippen LogP contribution >= 0.6 is 0 Å². The molecule has 0 unspecified atom stereocenters. The molecule has 0 aliphatic heterocycles. The van der Waals surface area contributed by atoms with Crippen LogP contribution in [0.4, 0.5) is 5.95 Å². The molecule has 2 aromatic heterocycles. The summed E-state index contributed by atoms with van der Waals surface area (Å²) in [5.74, 6) is 0.0151. The van der Waals surface area contributed by atoms with Gasteiger partial charge in [0.25, 0.3) is 0 Å². The van der Waals surface area contributed by atoms with Crippen LogP contribution in [0.5, 0.6) is 0 Å². The van der Waals surface area contributed by atoms with E-state index in [1.54, 1.807) is 0 Å². The Morgan fingerprint density at radius 3 is 2.87 bits per heavy atom. The van der Waals surface area contributed by atoms with Gasteiger partial charge in [0.15, 0.2) is 0 Å². The molecule has 0 saturated carbocycles. The van der Waals surface area contributed by atoms with Crippen molar-refractivity contribution < 1.29 is 12.7 Å². The number of hydrogen-bond donors (Lipinski definition) is 1. The normalized spacial score (nSPS) is 11.8. The predicted octanol–water partition coefficient (Wildman–Crippen LogP) is -1.20. The quantitative estimate of drug-likeness (QED) is 0.687. The van der Waals surface area contributed by atoms with E-state index in [2.05, 4.69) is 19.2 Å². The van der Waals surface area contributed by atoms with Gasteiger partial charge in [0.2, 0.25) is 11.6 Å². The SMILES string of the molecule is CS(=O)(=O)On1cnc2cnc(N)nc21. The van der Waals surface area contributed by atoms with Gasteiger partial charge in [-0.25, -0.2) is 9.97 Å². The molecule has 0 radical (unpaired) electrons. The molecule has 2 rings (SSSR count). The van der Waals surface area contributed by atoms with E-state index in [1.165, 1.54) is 12.5 Å². The molecule has 8 nitrogen and oxygen atoms in total. The maximum absolute atomic E-state index is 10.9. The standard InChI is InChI=1S/C6H7N5O3S/c1-15(12,13)14-11-3-9-4-2-8-6(7)10-5(4)11/h2-3H,1H3,(H2,7,8,10). The summed E-state index contributed by atoms with van der Waals surface area (Å²) in [6, 6.07) is 0. The van der Waals surface area contributed by atoms with Gasteiger partial charge in [0.1, 0.15) is 11.8 Å². The summed E-state index contributed by atoms with van der Waals surface area (Å²) in [7, 11) is -3.63. The molecule has 0 aliphatic rings. The van der Waals surface area contributed by atoms with Gasteiger partial charge < -0.3 is 5.73 Å². The molecule has 0 atom stereocenters. The monoisotopic (exact) mass is 229 g/mol. The van der Waals surface area contributed by atoms with Crippen LogP contribution in [-0.2, 0) is 10.1 Å².